The summed E-state index contributed by atoms with van der Waals surface area (Å²) in [5, 5.41) is 0. The van der Waals surface area contributed by atoms with Crippen molar-refractivity contribution in [2.45, 2.75) is 26.4 Å². The van der Waals surface area contributed by atoms with Gasteiger partial charge in [-0.25, -0.2) is 9.78 Å². The third-order valence-corrected chi connectivity index (χ3v) is 1.12. The molecule has 0 spiro atoms. The van der Waals surface area contributed by atoms with E-state index in [4.69, 9.17) is 4.74 Å². The molecule has 1 heterocycles. The van der Waals surface area contributed by atoms with Gasteiger partial charge in [-0.05, 0) is 26.7 Å². The number of nitrogens with zero attached hydrogens (tertiary/aromatic N) is 1. The number of ether oxygens (including phenoxy) is 1. The number of oxazole rings is 1. The van der Waals surface area contributed by atoms with Crippen molar-refractivity contribution in [3.8, 4) is 11.8 Å². The summed E-state index contributed by atoms with van der Waals surface area (Å²) in [5.41, 5.74) is -0.105. The van der Waals surface area contributed by atoms with Gasteiger partial charge in [0, 0.05) is 5.92 Å². The van der Waals surface area contributed by atoms with Crippen LogP contribution in [0.5, 0.6) is 0 Å². The average Bonchev–Trinajstić information content (AvgIpc) is 2.49. The normalized spacial score (nSPS) is 10.2. The SMILES string of the molecule is CC(C)(C)OC(=O)C#Cc1cocn1. The highest BCUT2D eigenvalue weighted by atomic mass is 16.6. The molecule has 0 aliphatic carbocycles. The summed E-state index contributed by atoms with van der Waals surface area (Å²) in [5.74, 6) is 4.26. The fourth-order valence-electron chi connectivity index (χ4n) is 0.693. The van der Waals surface area contributed by atoms with Crippen LogP contribution in [-0.2, 0) is 9.53 Å². The average molecular weight is 193 g/mol. The molecule has 4 nitrogen and oxygen atoms in total. The number of carbonyl (C=O) groups excluding carboxylic acids is 1. The van der Waals surface area contributed by atoms with Gasteiger partial charge < -0.3 is 9.15 Å². The van der Waals surface area contributed by atoms with Gasteiger partial charge in [0.25, 0.3) is 0 Å². The fraction of sp³-hybridized carbons (Fsp3) is 0.400. The predicted molar refractivity (Wildman–Crippen MR) is 49.2 cm³/mol. The Labute approximate surface area is 82.3 Å². The molecular weight excluding hydrogens is 182 g/mol. The molecule has 0 unspecified atom stereocenters. The van der Waals surface area contributed by atoms with Crippen LogP contribution in [0.4, 0.5) is 0 Å². The minimum Gasteiger partial charge on any atom is -0.450 e. The van der Waals surface area contributed by atoms with Crippen molar-refractivity contribution in [2.75, 3.05) is 0 Å². The third kappa shape index (κ3) is 3.76. The smallest absolute Gasteiger partial charge is 0.385 e. The van der Waals surface area contributed by atoms with Gasteiger partial charge in [0.2, 0.25) is 0 Å². The molecule has 4 heteroatoms. The zero-order valence-electron chi connectivity index (χ0n) is 8.33. The molecule has 14 heavy (non-hydrogen) atoms. The molecule has 1 aromatic rings. The van der Waals surface area contributed by atoms with E-state index in [0.29, 0.717) is 5.69 Å². The van der Waals surface area contributed by atoms with Crippen LogP contribution in [0, 0.1) is 11.8 Å². The zero-order valence-corrected chi connectivity index (χ0v) is 8.33. The van der Waals surface area contributed by atoms with Gasteiger partial charge in [0.05, 0.1) is 0 Å². The van der Waals surface area contributed by atoms with Crippen LogP contribution in [0.3, 0.4) is 0 Å². The van der Waals surface area contributed by atoms with Crippen LogP contribution in [0.2, 0.25) is 0 Å². The summed E-state index contributed by atoms with van der Waals surface area (Å²) in [7, 11) is 0. The van der Waals surface area contributed by atoms with Crippen molar-refractivity contribution in [1.82, 2.24) is 4.98 Å². The molecule has 0 fully saturated rings. The van der Waals surface area contributed by atoms with Crippen molar-refractivity contribution in [3.63, 3.8) is 0 Å². The molecule has 0 amide bonds. The second-order valence-corrected chi connectivity index (χ2v) is 3.63. The first kappa shape index (κ1) is 10.3. The quantitative estimate of drug-likeness (QED) is 0.461. The number of hydrogen-bond acceptors (Lipinski definition) is 4. The van der Waals surface area contributed by atoms with Gasteiger partial charge in [0.15, 0.2) is 12.1 Å². The molecular formula is C10H11NO3. The molecule has 0 aromatic carbocycles. The largest absolute Gasteiger partial charge is 0.450 e. The van der Waals surface area contributed by atoms with Crippen LogP contribution in [0.1, 0.15) is 26.5 Å². The first-order valence-electron chi connectivity index (χ1n) is 4.10. The topological polar surface area (TPSA) is 52.3 Å². The molecule has 0 bridgehead atoms. The summed E-state index contributed by atoms with van der Waals surface area (Å²) >= 11 is 0. The van der Waals surface area contributed by atoms with Gasteiger partial charge in [-0.3, -0.25) is 0 Å². The lowest BCUT2D eigenvalue weighted by atomic mass is 10.2. The first-order valence-corrected chi connectivity index (χ1v) is 4.10. The highest BCUT2D eigenvalue weighted by Crippen LogP contribution is 2.06. The van der Waals surface area contributed by atoms with E-state index in [1.807, 2.05) is 0 Å². The second kappa shape index (κ2) is 3.97. The summed E-state index contributed by atoms with van der Waals surface area (Å²) in [6, 6.07) is 0. The van der Waals surface area contributed by atoms with Crippen LogP contribution in [0.15, 0.2) is 17.1 Å². The van der Waals surface area contributed by atoms with Gasteiger partial charge in [-0.15, -0.1) is 0 Å². The van der Waals surface area contributed by atoms with Crippen LogP contribution in [-0.4, -0.2) is 16.6 Å². The second-order valence-electron chi connectivity index (χ2n) is 3.63. The Kier molecular flexibility index (Phi) is 2.92. The van der Waals surface area contributed by atoms with Gasteiger partial charge >= 0.3 is 5.97 Å². The third-order valence-electron chi connectivity index (χ3n) is 1.12. The predicted octanol–water partition coefficient (Wildman–Crippen LogP) is 1.37. The minimum atomic E-state index is -0.569. The Balaban J connectivity index is 2.57. The molecule has 1 rings (SSSR count). The zero-order chi connectivity index (χ0) is 10.6. The van der Waals surface area contributed by atoms with Gasteiger partial charge in [-0.1, -0.05) is 0 Å². The maximum absolute atomic E-state index is 11.1. The highest BCUT2D eigenvalue weighted by Gasteiger charge is 2.14. The summed E-state index contributed by atoms with van der Waals surface area (Å²) in [6.07, 6.45) is 2.61. The molecule has 0 aliphatic heterocycles. The summed E-state index contributed by atoms with van der Waals surface area (Å²) < 4.78 is 9.65. The molecule has 0 saturated heterocycles. The molecule has 0 atom stereocenters. The lowest BCUT2D eigenvalue weighted by Crippen LogP contribution is -2.22. The minimum absolute atomic E-state index is 0.413. The fourth-order valence-corrected chi connectivity index (χ4v) is 0.693. The van der Waals surface area contributed by atoms with E-state index in [-0.39, 0.29) is 0 Å². The molecule has 0 saturated carbocycles. The highest BCUT2D eigenvalue weighted by molar-refractivity contribution is 5.89. The Bertz CT molecular complexity index is 362. The number of esters is 1. The maximum atomic E-state index is 11.1. The van der Waals surface area contributed by atoms with E-state index in [0.717, 1.165) is 0 Å². The first-order chi connectivity index (χ1) is 6.47. The lowest BCUT2D eigenvalue weighted by Gasteiger charge is -2.16. The molecule has 0 aliphatic rings. The Morgan fingerprint density at radius 1 is 1.57 bits per heavy atom. The van der Waals surface area contributed by atoms with Crippen molar-refractivity contribution in [2.24, 2.45) is 0 Å². The number of hydrogen-bond donors (Lipinski definition) is 0. The van der Waals surface area contributed by atoms with E-state index >= 15 is 0 Å². The molecule has 1 aromatic heterocycles. The van der Waals surface area contributed by atoms with Gasteiger partial charge in [-0.2, -0.15) is 0 Å². The lowest BCUT2D eigenvalue weighted by molar-refractivity contribution is -0.147. The van der Waals surface area contributed by atoms with Crippen LogP contribution < -0.4 is 0 Å². The monoisotopic (exact) mass is 193 g/mol. The van der Waals surface area contributed by atoms with Gasteiger partial charge in [0.1, 0.15) is 11.9 Å². The van der Waals surface area contributed by atoms with Crippen molar-refractivity contribution < 1.29 is 13.9 Å². The summed E-state index contributed by atoms with van der Waals surface area (Å²) in [6.45, 7) is 5.34. The maximum Gasteiger partial charge on any atom is 0.385 e. The molecule has 0 N–H and O–H groups in total. The number of carbonyl (C=O) groups is 1. The van der Waals surface area contributed by atoms with E-state index in [1.54, 1.807) is 20.8 Å². The Morgan fingerprint density at radius 2 is 2.29 bits per heavy atom. The Hall–Kier alpha value is -1.76. The van der Waals surface area contributed by atoms with E-state index in [1.165, 1.54) is 12.7 Å². The van der Waals surface area contributed by atoms with E-state index in [2.05, 4.69) is 21.2 Å². The molecule has 0 radical (unpaired) electrons. The van der Waals surface area contributed by atoms with Crippen LogP contribution in [0.25, 0.3) is 0 Å². The molecule has 74 valence electrons. The van der Waals surface area contributed by atoms with Crippen molar-refractivity contribution in [3.05, 3.63) is 18.4 Å². The standard InChI is InChI=1S/C10H11NO3/c1-10(2,3)14-9(12)5-4-8-6-13-7-11-8/h6-7H,1-3H3. The number of aromatic nitrogens is 1. The van der Waals surface area contributed by atoms with Crippen LogP contribution >= 0.6 is 0 Å². The van der Waals surface area contributed by atoms with Crippen molar-refractivity contribution in [1.29, 1.82) is 0 Å². The van der Waals surface area contributed by atoms with Crippen molar-refractivity contribution >= 4 is 5.97 Å². The summed E-state index contributed by atoms with van der Waals surface area (Å²) in [4.78, 5) is 14.8. The van der Waals surface area contributed by atoms with E-state index < -0.39 is 11.6 Å². The van der Waals surface area contributed by atoms with E-state index in [9.17, 15) is 4.79 Å². The number of rotatable bonds is 0. The Morgan fingerprint density at radius 3 is 2.79 bits per heavy atom.